The largest absolute Gasteiger partial charge is 0.517 e. The summed E-state index contributed by atoms with van der Waals surface area (Å²) in [6, 6.07) is 7.39. The van der Waals surface area contributed by atoms with E-state index in [4.69, 9.17) is 4.74 Å². The summed E-state index contributed by atoms with van der Waals surface area (Å²) in [6.07, 6.45) is -1.84. The molecule has 0 N–H and O–H groups in total. The minimum atomic E-state index is -0.928. The number of rotatable bonds is 2. The van der Waals surface area contributed by atoms with Gasteiger partial charge in [-0.05, 0) is 11.5 Å². The number of esters is 1. The van der Waals surface area contributed by atoms with Crippen molar-refractivity contribution in [3.05, 3.63) is 35.4 Å². The normalized spacial score (nSPS) is 19.8. The van der Waals surface area contributed by atoms with Crippen LogP contribution in [0.3, 0.4) is 0 Å². The van der Waals surface area contributed by atoms with Crippen LogP contribution in [0.5, 0.6) is 0 Å². The SMILES string of the molecule is CC(C)c1ccc(C2OC(=O)OC2=O)cc1. The molecule has 0 bridgehead atoms. The first kappa shape index (κ1) is 10.7. The Kier molecular flexibility index (Phi) is 2.64. The molecule has 0 spiro atoms. The molecule has 84 valence electrons. The van der Waals surface area contributed by atoms with Gasteiger partial charge in [-0.25, -0.2) is 9.59 Å². The van der Waals surface area contributed by atoms with Crippen molar-refractivity contribution in [1.29, 1.82) is 0 Å². The third-order valence-corrected chi connectivity index (χ3v) is 2.52. The molecule has 1 heterocycles. The van der Waals surface area contributed by atoms with Crippen molar-refractivity contribution >= 4 is 12.1 Å². The maximum atomic E-state index is 11.2. The van der Waals surface area contributed by atoms with Crippen molar-refractivity contribution in [3.8, 4) is 0 Å². The number of cyclic esters (lactones) is 3. The molecule has 0 aromatic heterocycles. The highest BCUT2D eigenvalue weighted by atomic mass is 16.8. The zero-order valence-corrected chi connectivity index (χ0v) is 9.10. The number of ether oxygens (including phenoxy) is 2. The fraction of sp³-hybridized carbons (Fsp3) is 0.333. The third-order valence-electron chi connectivity index (χ3n) is 2.52. The van der Waals surface area contributed by atoms with Crippen molar-refractivity contribution in [3.63, 3.8) is 0 Å². The quantitative estimate of drug-likeness (QED) is 0.567. The summed E-state index contributed by atoms with van der Waals surface area (Å²) in [7, 11) is 0. The van der Waals surface area contributed by atoms with E-state index in [9.17, 15) is 9.59 Å². The zero-order chi connectivity index (χ0) is 11.7. The van der Waals surface area contributed by atoms with E-state index in [0.29, 0.717) is 11.5 Å². The second kappa shape index (κ2) is 3.96. The van der Waals surface area contributed by atoms with Gasteiger partial charge in [-0.2, -0.15) is 0 Å². The molecule has 0 radical (unpaired) electrons. The fourth-order valence-electron chi connectivity index (χ4n) is 1.56. The van der Waals surface area contributed by atoms with Gasteiger partial charge in [-0.15, -0.1) is 0 Å². The van der Waals surface area contributed by atoms with Crippen LogP contribution in [0.15, 0.2) is 24.3 Å². The molecule has 1 aromatic rings. The molecule has 0 aliphatic carbocycles. The number of hydrogen-bond acceptors (Lipinski definition) is 4. The Morgan fingerprint density at radius 2 is 1.75 bits per heavy atom. The lowest BCUT2D eigenvalue weighted by molar-refractivity contribution is -0.136. The predicted octanol–water partition coefficient (Wildman–Crippen LogP) is 2.54. The van der Waals surface area contributed by atoms with E-state index in [1.54, 1.807) is 12.1 Å². The van der Waals surface area contributed by atoms with E-state index >= 15 is 0 Å². The van der Waals surface area contributed by atoms with Gasteiger partial charge in [0.05, 0.1) is 0 Å². The monoisotopic (exact) mass is 220 g/mol. The van der Waals surface area contributed by atoms with Crippen LogP contribution in [0.4, 0.5) is 4.79 Å². The van der Waals surface area contributed by atoms with Crippen molar-refractivity contribution < 1.29 is 19.1 Å². The molecule has 1 unspecified atom stereocenters. The van der Waals surface area contributed by atoms with Crippen LogP contribution in [0.2, 0.25) is 0 Å². The highest BCUT2D eigenvalue weighted by Gasteiger charge is 2.36. The summed E-state index contributed by atoms with van der Waals surface area (Å²) < 4.78 is 9.06. The Morgan fingerprint density at radius 3 is 2.19 bits per heavy atom. The molecule has 16 heavy (non-hydrogen) atoms. The van der Waals surface area contributed by atoms with Crippen LogP contribution in [-0.4, -0.2) is 12.1 Å². The van der Waals surface area contributed by atoms with Gasteiger partial charge in [0, 0.05) is 5.56 Å². The number of carbonyl (C=O) groups is 2. The van der Waals surface area contributed by atoms with Gasteiger partial charge in [0.2, 0.25) is 6.10 Å². The Labute approximate surface area is 93.2 Å². The lowest BCUT2D eigenvalue weighted by Gasteiger charge is -2.08. The molecule has 2 rings (SSSR count). The van der Waals surface area contributed by atoms with Crippen molar-refractivity contribution in [2.24, 2.45) is 0 Å². The van der Waals surface area contributed by atoms with Crippen LogP contribution < -0.4 is 0 Å². The highest BCUT2D eigenvalue weighted by Crippen LogP contribution is 2.26. The molecule has 0 saturated carbocycles. The van der Waals surface area contributed by atoms with E-state index in [2.05, 4.69) is 18.6 Å². The molecule has 4 heteroatoms. The molecule has 1 aromatic carbocycles. The summed E-state index contributed by atoms with van der Waals surface area (Å²) in [4.78, 5) is 22.0. The fourth-order valence-corrected chi connectivity index (χ4v) is 1.56. The average molecular weight is 220 g/mol. The lowest BCUT2D eigenvalue weighted by atomic mass is 10.00. The molecule has 1 saturated heterocycles. The molecule has 1 aliphatic rings. The number of benzene rings is 1. The average Bonchev–Trinajstić information content (AvgIpc) is 2.58. The smallest absolute Gasteiger partial charge is 0.414 e. The summed E-state index contributed by atoms with van der Waals surface area (Å²) in [5.74, 6) is -0.227. The van der Waals surface area contributed by atoms with Gasteiger partial charge in [0.25, 0.3) is 0 Å². The lowest BCUT2D eigenvalue weighted by Crippen LogP contribution is -2.06. The molecule has 1 atom stereocenters. The Morgan fingerprint density at radius 1 is 1.12 bits per heavy atom. The minimum absolute atomic E-state index is 0.423. The van der Waals surface area contributed by atoms with E-state index in [1.807, 2.05) is 12.1 Å². The van der Waals surface area contributed by atoms with E-state index in [0.717, 1.165) is 0 Å². The minimum Gasteiger partial charge on any atom is -0.414 e. The van der Waals surface area contributed by atoms with Crippen LogP contribution >= 0.6 is 0 Å². The van der Waals surface area contributed by atoms with Crippen LogP contribution in [0, 0.1) is 0 Å². The van der Waals surface area contributed by atoms with Crippen LogP contribution in [0.25, 0.3) is 0 Å². The summed E-state index contributed by atoms with van der Waals surface area (Å²) in [6.45, 7) is 4.16. The maximum Gasteiger partial charge on any atom is 0.517 e. The maximum absolute atomic E-state index is 11.2. The molecular formula is C12H12O4. The molecular weight excluding hydrogens is 208 g/mol. The number of hydrogen-bond donors (Lipinski definition) is 0. The Hall–Kier alpha value is -1.84. The topological polar surface area (TPSA) is 52.6 Å². The van der Waals surface area contributed by atoms with Gasteiger partial charge in [0.1, 0.15) is 0 Å². The zero-order valence-electron chi connectivity index (χ0n) is 9.10. The second-order valence-corrected chi connectivity index (χ2v) is 3.99. The molecule has 4 nitrogen and oxygen atoms in total. The van der Waals surface area contributed by atoms with Crippen LogP contribution in [0.1, 0.15) is 37.0 Å². The Balaban J connectivity index is 2.22. The van der Waals surface area contributed by atoms with Gasteiger partial charge in [-0.1, -0.05) is 38.1 Å². The van der Waals surface area contributed by atoms with Gasteiger partial charge < -0.3 is 9.47 Å². The van der Waals surface area contributed by atoms with Crippen LogP contribution in [-0.2, 0) is 14.3 Å². The first-order chi connectivity index (χ1) is 7.58. The van der Waals surface area contributed by atoms with Crippen molar-refractivity contribution in [2.45, 2.75) is 25.9 Å². The van der Waals surface area contributed by atoms with Gasteiger partial charge in [-0.3, -0.25) is 0 Å². The molecule has 0 amide bonds. The number of carbonyl (C=O) groups excluding carboxylic acids is 2. The van der Waals surface area contributed by atoms with E-state index in [1.165, 1.54) is 5.56 Å². The summed E-state index contributed by atoms with van der Waals surface area (Å²) >= 11 is 0. The summed E-state index contributed by atoms with van der Waals surface area (Å²) in [5, 5.41) is 0. The third kappa shape index (κ3) is 1.91. The first-order valence-electron chi connectivity index (χ1n) is 5.10. The Bertz CT molecular complexity index is 419. The van der Waals surface area contributed by atoms with Crippen molar-refractivity contribution in [2.75, 3.05) is 0 Å². The van der Waals surface area contributed by atoms with Crippen molar-refractivity contribution in [1.82, 2.24) is 0 Å². The van der Waals surface area contributed by atoms with E-state index < -0.39 is 18.2 Å². The predicted molar refractivity (Wildman–Crippen MR) is 55.8 cm³/mol. The highest BCUT2D eigenvalue weighted by molar-refractivity contribution is 5.91. The van der Waals surface area contributed by atoms with E-state index in [-0.39, 0.29) is 0 Å². The standard InChI is InChI=1S/C12H12O4/c1-7(2)8-3-5-9(6-4-8)10-11(13)16-12(14)15-10/h3-7,10H,1-2H3. The molecule has 1 fully saturated rings. The summed E-state index contributed by atoms with van der Waals surface area (Å²) in [5.41, 5.74) is 1.81. The second-order valence-electron chi connectivity index (χ2n) is 3.99. The first-order valence-corrected chi connectivity index (χ1v) is 5.10. The van der Waals surface area contributed by atoms with Gasteiger partial charge >= 0.3 is 12.1 Å². The molecule has 1 aliphatic heterocycles. The van der Waals surface area contributed by atoms with Gasteiger partial charge in [0.15, 0.2) is 0 Å².